The van der Waals surface area contributed by atoms with Gasteiger partial charge in [0.05, 0.1) is 6.10 Å². The molecule has 0 amide bonds. The van der Waals surface area contributed by atoms with Crippen molar-refractivity contribution in [3.8, 4) is 0 Å². The molecule has 2 fully saturated rings. The second-order valence-corrected chi connectivity index (χ2v) is 6.60. The minimum Gasteiger partial charge on any atom is -0.378 e. The Kier molecular flexibility index (Phi) is 4.02. The largest absolute Gasteiger partial charge is 0.378 e. The molecule has 20 heavy (non-hydrogen) atoms. The number of halogens is 2. The van der Waals surface area contributed by atoms with Gasteiger partial charge in [-0.1, -0.05) is 11.6 Å². The van der Waals surface area contributed by atoms with Gasteiger partial charge >= 0.3 is 0 Å². The van der Waals surface area contributed by atoms with E-state index in [0.717, 1.165) is 31.6 Å². The van der Waals surface area contributed by atoms with Gasteiger partial charge in [0, 0.05) is 29.6 Å². The van der Waals surface area contributed by atoms with Crippen molar-refractivity contribution in [2.75, 3.05) is 13.2 Å². The van der Waals surface area contributed by atoms with Crippen LogP contribution >= 0.6 is 11.6 Å². The van der Waals surface area contributed by atoms with Crippen LogP contribution in [0.4, 0.5) is 4.39 Å². The van der Waals surface area contributed by atoms with Gasteiger partial charge in [0.25, 0.3) is 0 Å². The molecule has 110 valence electrons. The highest BCUT2D eigenvalue weighted by molar-refractivity contribution is 6.31. The molecular weight excluding hydrogens is 277 g/mol. The lowest BCUT2D eigenvalue weighted by Gasteiger charge is -2.33. The van der Waals surface area contributed by atoms with E-state index in [9.17, 15) is 4.39 Å². The van der Waals surface area contributed by atoms with E-state index in [1.165, 1.54) is 18.9 Å². The van der Waals surface area contributed by atoms with E-state index < -0.39 is 0 Å². The predicted octanol–water partition coefficient (Wildman–Crippen LogP) is 3.57. The molecule has 1 aromatic rings. The van der Waals surface area contributed by atoms with Crippen molar-refractivity contribution in [1.29, 1.82) is 0 Å². The van der Waals surface area contributed by atoms with Crippen LogP contribution in [0.25, 0.3) is 0 Å². The first-order valence-electron chi connectivity index (χ1n) is 7.38. The van der Waals surface area contributed by atoms with Gasteiger partial charge in [-0.15, -0.1) is 0 Å². The Hall–Kier alpha value is -0.640. The fraction of sp³-hybridized carbons (Fsp3) is 0.625. The Morgan fingerprint density at radius 3 is 2.90 bits per heavy atom. The maximum absolute atomic E-state index is 13.5. The lowest BCUT2D eigenvalue weighted by atomic mass is 9.76. The van der Waals surface area contributed by atoms with Gasteiger partial charge in [-0.2, -0.15) is 0 Å². The van der Waals surface area contributed by atoms with Crippen LogP contribution in [0.15, 0.2) is 18.2 Å². The molecule has 2 atom stereocenters. The Morgan fingerprint density at radius 1 is 1.45 bits per heavy atom. The first-order chi connectivity index (χ1) is 9.59. The second kappa shape index (κ2) is 5.63. The minimum atomic E-state index is -0.221. The Labute approximate surface area is 124 Å². The number of rotatable bonds is 5. The van der Waals surface area contributed by atoms with Gasteiger partial charge in [-0.3, -0.25) is 0 Å². The summed E-state index contributed by atoms with van der Waals surface area (Å²) in [5.41, 5.74) is 0.918. The first kappa shape index (κ1) is 14.3. The van der Waals surface area contributed by atoms with Crippen molar-refractivity contribution in [1.82, 2.24) is 5.32 Å². The van der Waals surface area contributed by atoms with Crippen molar-refractivity contribution < 1.29 is 9.13 Å². The van der Waals surface area contributed by atoms with Crippen LogP contribution in [0, 0.1) is 11.2 Å². The molecule has 1 aromatic carbocycles. The lowest BCUT2D eigenvalue weighted by Crippen LogP contribution is -2.42. The van der Waals surface area contributed by atoms with Gasteiger partial charge < -0.3 is 10.1 Å². The predicted molar refractivity (Wildman–Crippen MR) is 78.6 cm³/mol. The third-order valence-electron chi connectivity index (χ3n) is 4.70. The van der Waals surface area contributed by atoms with Crippen LogP contribution in [0.3, 0.4) is 0 Å². The number of ether oxygens (including phenoxy) is 1. The highest BCUT2D eigenvalue weighted by Crippen LogP contribution is 2.40. The second-order valence-electron chi connectivity index (χ2n) is 6.19. The molecule has 1 aliphatic carbocycles. The fourth-order valence-electron chi connectivity index (χ4n) is 3.04. The minimum absolute atomic E-state index is 0.0278. The lowest BCUT2D eigenvalue weighted by molar-refractivity contribution is 0.0628. The van der Waals surface area contributed by atoms with Crippen molar-refractivity contribution in [2.24, 2.45) is 5.41 Å². The van der Waals surface area contributed by atoms with Crippen LogP contribution in [0.2, 0.25) is 5.02 Å². The number of hydrogen-bond acceptors (Lipinski definition) is 2. The molecule has 1 N–H and O–H groups in total. The van der Waals surface area contributed by atoms with E-state index in [0.29, 0.717) is 11.1 Å². The van der Waals surface area contributed by atoms with Crippen LogP contribution in [0.5, 0.6) is 0 Å². The van der Waals surface area contributed by atoms with E-state index in [-0.39, 0.29) is 17.3 Å². The standard InChI is InChI=1S/C16H21ClFNO/c1-11-16(6-7-20-11,10-19-14-3-4-14)9-12-8-13(18)2-5-15(12)17/h2,5,8,11,14,19H,3-4,6-7,9-10H2,1H3. The van der Waals surface area contributed by atoms with Gasteiger partial charge in [-0.05, 0) is 56.4 Å². The Bertz CT molecular complexity index is 491. The van der Waals surface area contributed by atoms with Crippen molar-refractivity contribution >= 4 is 11.6 Å². The molecule has 1 saturated heterocycles. The third kappa shape index (κ3) is 3.00. The van der Waals surface area contributed by atoms with Gasteiger partial charge in [0.15, 0.2) is 0 Å². The van der Waals surface area contributed by atoms with E-state index in [4.69, 9.17) is 16.3 Å². The smallest absolute Gasteiger partial charge is 0.123 e. The zero-order valence-electron chi connectivity index (χ0n) is 11.8. The number of nitrogens with one attached hydrogen (secondary N) is 1. The summed E-state index contributed by atoms with van der Waals surface area (Å²) < 4.78 is 19.2. The molecule has 2 aliphatic rings. The van der Waals surface area contributed by atoms with Crippen LogP contribution < -0.4 is 5.32 Å². The Morgan fingerprint density at radius 2 is 2.25 bits per heavy atom. The monoisotopic (exact) mass is 297 g/mol. The summed E-state index contributed by atoms with van der Waals surface area (Å²) in [4.78, 5) is 0. The van der Waals surface area contributed by atoms with E-state index in [1.54, 1.807) is 12.1 Å². The average Bonchev–Trinajstić information content (AvgIpc) is 3.18. The van der Waals surface area contributed by atoms with Gasteiger partial charge in [-0.25, -0.2) is 4.39 Å². The van der Waals surface area contributed by atoms with Crippen molar-refractivity contribution in [3.63, 3.8) is 0 Å². The molecule has 0 spiro atoms. The normalized spacial score (nSPS) is 29.9. The number of benzene rings is 1. The van der Waals surface area contributed by atoms with Gasteiger partial charge in [0.1, 0.15) is 5.82 Å². The molecule has 0 aromatic heterocycles. The summed E-state index contributed by atoms with van der Waals surface area (Å²) in [5, 5.41) is 4.26. The van der Waals surface area contributed by atoms with Crippen molar-refractivity contribution in [2.45, 2.75) is 44.8 Å². The van der Waals surface area contributed by atoms with E-state index >= 15 is 0 Å². The maximum atomic E-state index is 13.5. The molecular formula is C16H21ClFNO. The summed E-state index contributed by atoms with van der Waals surface area (Å²) in [6.45, 7) is 3.82. The molecule has 0 bridgehead atoms. The molecule has 1 heterocycles. The first-order valence-corrected chi connectivity index (χ1v) is 7.76. The molecule has 2 unspecified atom stereocenters. The number of hydrogen-bond donors (Lipinski definition) is 1. The zero-order valence-corrected chi connectivity index (χ0v) is 12.5. The SMILES string of the molecule is CC1OCCC1(CNC1CC1)Cc1cc(F)ccc1Cl. The highest BCUT2D eigenvalue weighted by Gasteiger charge is 2.42. The van der Waals surface area contributed by atoms with E-state index in [1.807, 2.05) is 0 Å². The zero-order chi connectivity index (χ0) is 14.2. The van der Waals surface area contributed by atoms with Crippen LogP contribution in [0.1, 0.15) is 31.7 Å². The molecule has 1 aliphatic heterocycles. The summed E-state index contributed by atoms with van der Waals surface area (Å²) in [6.07, 6.45) is 4.48. The summed E-state index contributed by atoms with van der Waals surface area (Å²) in [6, 6.07) is 5.29. The average molecular weight is 298 g/mol. The third-order valence-corrected chi connectivity index (χ3v) is 5.07. The van der Waals surface area contributed by atoms with Crippen LogP contribution in [-0.4, -0.2) is 25.3 Å². The summed E-state index contributed by atoms with van der Waals surface area (Å²) in [5.74, 6) is -0.221. The van der Waals surface area contributed by atoms with Crippen molar-refractivity contribution in [3.05, 3.63) is 34.6 Å². The topological polar surface area (TPSA) is 21.3 Å². The molecule has 3 rings (SSSR count). The van der Waals surface area contributed by atoms with E-state index in [2.05, 4.69) is 12.2 Å². The van der Waals surface area contributed by atoms with Crippen LogP contribution in [-0.2, 0) is 11.2 Å². The Balaban J connectivity index is 1.79. The molecule has 0 radical (unpaired) electrons. The summed E-state index contributed by atoms with van der Waals surface area (Å²) >= 11 is 6.23. The molecule has 2 nitrogen and oxygen atoms in total. The molecule has 1 saturated carbocycles. The molecule has 4 heteroatoms. The fourth-order valence-corrected chi connectivity index (χ4v) is 3.22. The summed E-state index contributed by atoms with van der Waals surface area (Å²) in [7, 11) is 0. The van der Waals surface area contributed by atoms with Gasteiger partial charge in [0.2, 0.25) is 0 Å². The highest BCUT2D eigenvalue weighted by atomic mass is 35.5. The quantitative estimate of drug-likeness (QED) is 0.897. The maximum Gasteiger partial charge on any atom is 0.123 e.